The second kappa shape index (κ2) is 8.77. The van der Waals surface area contributed by atoms with Crippen LogP contribution in [-0.4, -0.2) is 55.7 Å². The molecule has 1 aromatic rings. The first-order valence-electron chi connectivity index (χ1n) is 9.27. The molecule has 1 aliphatic heterocycles. The second-order valence-corrected chi connectivity index (χ2v) is 7.46. The van der Waals surface area contributed by atoms with Gasteiger partial charge in [0.15, 0.2) is 5.96 Å². The summed E-state index contributed by atoms with van der Waals surface area (Å²) >= 11 is 5.90. The van der Waals surface area contributed by atoms with E-state index >= 15 is 0 Å². The molecule has 1 unspecified atom stereocenters. The van der Waals surface area contributed by atoms with E-state index in [1.165, 1.54) is 38.8 Å². The Balaban J connectivity index is 1.37. The number of ether oxygens (including phenoxy) is 1. The Morgan fingerprint density at radius 1 is 1.24 bits per heavy atom. The summed E-state index contributed by atoms with van der Waals surface area (Å²) in [5, 5.41) is 7.64. The summed E-state index contributed by atoms with van der Waals surface area (Å²) in [7, 11) is 1.82. The van der Waals surface area contributed by atoms with E-state index in [2.05, 4.69) is 20.5 Å². The van der Waals surface area contributed by atoms with Crippen molar-refractivity contribution < 1.29 is 4.74 Å². The van der Waals surface area contributed by atoms with E-state index < -0.39 is 0 Å². The van der Waals surface area contributed by atoms with Gasteiger partial charge in [0, 0.05) is 37.2 Å². The molecule has 2 fully saturated rings. The van der Waals surface area contributed by atoms with Crippen LogP contribution in [0.2, 0.25) is 5.02 Å². The molecule has 0 radical (unpaired) electrons. The largest absolute Gasteiger partial charge is 0.489 e. The number of benzene rings is 1. The van der Waals surface area contributed by atoms with Gasteiger partial charge in [-0.3, -0.25) is 4.99 Å². The van der Waals surface area contributed by atoms with Crippen molar-refractivity contribution in [2.75, 3.05) is 26.7 Å². The van der Waals surface area contributed by atoms with Crippen LogP contribution in [0.25, 0.3) is 0 Å². The van der Waals surface area contributed by atoms with E-state index in [0.717, 1.165) is 22.8 Å². The van der Waals surface area contributed by atoms with Gasteiger partial charge in [-0.2, -0.15) is 0 Å². The van der Waals surface area contributed by atoms with Crippen molar-refractivity contribution in [2.45, 2.75) is 50.8 Å². The van der Waals surface area contributed by atoms with E-state index in [1.807, 2.05) is 38.2 Å². The zero-order chi connectivity index (χ0) is 17.6. The molecule has 25 heavy (non-hydrogen) atoms. The first kappa shape index (κ1) is 18.3. The molecule has 1 aliphatic carbocycles. The molecule has 1 heterocycles. The SMILES string of the molecule is CN=C(NCC(C)Oc1ccc(Cl)cc1)NC1CCN(C2CC2)CC1. The average Bonchev–Trinajstić information content (AvgIpc) is 3.46. The van der Waals surface area contributed by atoms with Crippen molar-refractivity contribution in [3.63, 3.8) is 0 Å². The van der Waals surface area contributed by atoms with Crippen LogP contribution in [0.1, 0.15) is 32.6 Å². The first-order chi connectivity index (χ1) is 12.1. The molecule has 2 aliphatic rings. The molecule has 1 saturated heterocycles. The number of rotatable bonds is 6. The normalized spacial score (nSPS) is 21.0. The van der Waals surface area contributed by atoms with Crippen LogP contribution in [-0.2, 0) is 0 Å². The van der Waals surface area contributed by atoms with Crippen LogP contribution in [0.3, 0.4) is 0 Å². The predicted molar refractivity (Wildman–Crippen MR) is 104 cm³/mol. The lowest BCUT2D eigenvalue weighted by atomic mass is 10.1. The Labute approximate surface area is 155 Å². The van der Waals surface area contributed by atoms with E-state index in [4.69, 9.17) is 16.3 Å². The highest BCUT2D eigenvalue weighted by atomic mass is 35.5. The third-order valence-corrected chi connectivity index (χ3v) is 5.12. The molecule has 3 rings (SSSR count). The van der Waals surface area contributed by atoms with Crippen LogP contribution in [0.15, 0.2) is 29.3 Å². The molecule has 6 heteroatoms. The maximum atomic E-state index is 5.90. The summed E-state index contributed by atoms with van der Waals surface area (Å²) in [6.07, 6.45) is 5.21. The number of guanidine groups is 1. The van der Waals surface area contributed by atoms with E-state index in [9.17, 15) is 0 Å². The summed E-state index contributed by atoms with van der Waals surface area (Å²) in [5.74, 6) is 1.69. The van der Waals surface area contributed by atoms with Gasteiger partial charge in [0.2, 0.25) is 0 Å². The predicted octanol–water partition coefficient (Wildman–Crippen LogP) is 2.90. The zero-order valence-electron chi connectivity index (χ0n) is 15.2. The van der Waals surface area contributed by atoms with Gasteiger partial charge >= 0.3 is 0 Å². The van der Waals surface area contributed by atoms with Crippen molar-refractivity contribution in [3.8, 4) is 5.75 Å². The average molecular weight is 365 g/mol. The van der Waals surface area contributed by atoms with Crippen molar-refractivity contribution >= 4 is 17.6 Å². The monoisotopic (exact) mass is 364 g/mol. The second-order valence-electron chi connectivity index (χ2n) is 7.02. The van der Waals surface area contributed by atoms with Crippen LogP contribution in [0.4, 0.5) is 0 Å². The number of likely N-dealkylation sites (tertiary alicyclic amines) is 1. The molecule has 5 nitrogen and oxygen atoms in total. The highest BCUT2D eigenvalue weighted by Gasteiger charge is 2.31. The van der Waals surface area contributed by atoms with Crippen molar-refractivity contribution in [1.82, 2.24) is 15.5 Å². The number of aliphatic imine (C=N–C) groups is 1. The highest BCUT2D eigenvalue weighted by Crippen LogP contribution is 2.29. The van der Waals surface area contributed by atoms with Crippen LogP contribution in [0.5, 0.6) is 5.75 Å². The van der Waals surface area contributed by atoms with Crippen molar-refractivity contribution in [3.05, 3.63) is 29.3 Å². The van der Waals surface area contributed by atoms with Gasteiger partial charge in [0.25, 0.3) is 0 Å². The molecule has 1 atom stereocenters. The van der Waals surface area contributed by atoms with E-state index in [0.29, 0.717) is 12.6 Å². The van der Waals surface area contributed by atoms with Gasteiger partial charge in [-0.15, -0.1) is 0 Å². The molecule has 0 bridgehead atoms. The van der Waals surface area contributed by atoms with Gasteiger partial charge in [0.05, 0.1) is 6.54 Å². The summed E-state index contributed by atoms with van der Waals surface area (Å²) in [6.45, 7) is 5.15. The Morgan fingerprint density at radius 2 is 1.92 bits per heavy atom. The third-order valence-electron chi connectivity index (χ3n) is 4.87. The fraction of sp³-hybridized carbons (Fsp3) is 0.632. The Morgan fingerprint density at radius 3 is 2.52 bits per heavy atom. The number of nitrogens with one attached hydrogen (secondary N) is 2. The Kier molecular flexibility index (Phi) is 6.43. The zero-order valence-corrected chi connectivity index (χ0v) is 15.9. The van der Waals surface area contributed by atoms with Gasteiger partial charge in [-0.05, 0) is 56.9 Å². The molecule has 0 spiro atoms. The summed E-state index contributed by atoms with van der Waals surface area (Å²) in [5.41, 5.74) is 0. The molecule has 138 valence electrons. The van der Waals surface area contributed by atoms with E-state index in [1.54, 1.807) is 0 Å². The van der Waals surface area contributed by atoms with Crippen LogP contribution < -0.4 is 15.4 Å². The molecular formula is C19H29ClN4O. The lowest BCUT2D eigenvalue weighted by Crippen LogP contribution is -2.50. The number of piperidine rings is 1. The molecule has 2 N–H and O–H groups in total. The molecule has 0 aromatic heterocycles. The third kappa shape index (κ3) is 5.79. The van der Waals surface area contributed by atoms with Gasteiger partial charge < -0.3 is 20.3 Å². The maximum Gasteiger partial charge on any atom is 0.191 e. The fourth-order valence-electron chi connectivity index (χ4n) is 3.26. The number of halogens is 1. The molecule has 1 saturated carbocycles. The summed E-state index contributed by atoms with van der Waals surface area (Å²) in [4.78, 5) is 6.98. The van der Waals surface area contributed by atoms with Crippen molar-refractivity contribution in [2.24, 2.45) is 4.99 Å². The highest BCUT2D eigenvalue weighted by molar-refractivity contribution is 6.30. The lowest BCUT2D eigenvalue weighted by Gasteiger charge is -2.33. The lowest BCUT2D eigenvalue weighted by molar-refractivity contribution is 0.196. The summed E-state index contributed by atoms with van der Waals surface area (Å²) in [6, 6.07) is 8.84. The number of hydrogen-bond donors (Lipinski definition) is 2. The number of hydrogen-bond acceptors (Lipinski definition) is 3. The standard InChI is InChI=1S/C19H29ClN4O/c1-14(25-18-7-3-15(20)4-8-18)13-22-19(21-2)23-16-9-11-24(12-10-16)17-5-6-17/h3-4,7-8,14,16-17H,5-6,9-13H2,1-2H3,(H2,21,22,23). The van der Waals surface area contributed by atoms with Crippen LogP contribution in [0, 0.1) is 0 Å². The van der Waals surface area contributed by atoms with Gasteiger partial charge in [0.1, 0.15) is 11.9 Å². The minimum Gasteiger partial charge on any atom is -0.489 e. The molecular weight excluding hydrogens is 336 g/mol. The minimum absolute atomic E-state index is 0.0384. The molecule has 1 aromatic carbocycles. The summed E-state index contributed by atoms with van der Waals surface area (Å²) < 4.78 is 5.89. The van der Waals surface area contributed by atoms with E-state index in [-0.39, 0.29) is 6.10 Å². The topological polar surface area (TPSA) is 48.9 Å². The molecule has 0 amide bonds. The Bertz CT molecular complexity index is 565. The first-order valence-corrected chi connectivity index (χ1v) is 9.65. The minimum atomic E-state index is 0.0384. The fourth-order valence-corrected chi connectivity index (χ4v) is 3.39. The van der Waals surface area contributed by atoms with Crippen molar-refractivity contribution in [1.29, 1.82) is 0 Å². The smallest absolute Gasteiger partial charge is 0.191 e. The van der Waals surface area contributed by atoms with Gasteiger partial charge in [-0.25, -0.2) is 0 Å². The number of nitrogens with zero attached hydrogens (tertiary/aromatic N) is 2. The Hall–Kier alpha value is -1.46. The quantitative estimate of drug-likeness (QED) is 0.602. The van der Waals surface area contributed by atoms with Crippen LogP contribution >= 0.6 is 11.6 Å². The van der Waals surface area contributed by atoms with Gasteiger partial charge in [-0.1, -0.05) is 11.6 Å². The maximum absolute atomic E-state index is 5.90.